The maximum absolute atomic E-state index is 11.5. The van der Waals surface area contributed by atoms with Gasteiger partial charge in [0.25, 0.3) is 5.56 Å². The lowest BCUT2D eigenvalue weighted by Crippen LogP contribution is -2.29. The van der Waals surface area contributed by atoms with Crippen molar-refractivity contribution in [2.75, 3.05) is 5.32 Å². The Morgan fingerprint density at radius 1 is 1.56 bits per heavy atom. The van der Waals surface area contributed by atoms with E-state index in [0.717, 1.165) is 0 Å². The number of hydrogen-bond acceptors (Lipinski definition) is 5. The molecule has 0 atom stereocenters. The van der Waals surface area contributed by atoms with Gasteiger partial charge >= 0.3 is 6.09 Å². The maximum Gasteiger partial charge on any atom is 0.414 e. The van der Waals surface area contributed by atoms with Gasteiger partial charge < -0.3 is 9.84 Å². The Hall–Kier alpha value is -1.41. The summed E-state index contributed by atoms with van der Waals surface area (Å²) in [7, 11) is 0. The minimum absolute atomic E-state index is 0.0819. The summed E-state index contributed by atoms with van der Waals surface area (Å²) in [5.41, 5.74) is -1.02. The Bertz CT molecular complexity index is 507. The van der Waals surface area contributed by atoms with Crippen molar-refractivity contribution in [2.24, 2.45) is 0 Å². The summed E-state index contributed by atoms with van der Waals surface area (Å²) in [6.07, 6.45) is -0.739. The van der Waals surface area contributed by atoms with Gasteiger partial charge in [-0.3, -0.25) is 15.1 Å². The van der Waals surface area contributed by atoms with Crippen LogP contribution < -0.4 is 10.9 Å². The van der Waals surface area contributed by atoms with Gasteiger partial charge in [0.05, 0.1) is 12.3 Å². The predicted molar refractivity (Wildman–Crippen MR) is 68.3 cm³/mol. The van der Waals surface area contributed by atoms with Crippen LogP contribution in [0.5, 0.6) is 0 Å². The molecule has 1 aromatic heterocycles. The molecular weight excluding hydrogens is 306 g/mol. The summed E-state index contributed by atoms with van der Waals surface area (Å²) >= 11 is 2.98. The number of halogens is 1. The number of carbonyl (C=O) groups is 1. The number of aromatic amines is 1. The van der Waals surface area contributed by atoms with Crippen molar-refractivity contribution >= 4 is 28.0 Å². The first-order valence-corrected chi connectivity index (χ1v) is 5.92. The molecular formula is C10H14BrN3O4. The number of carbonyl (C=O) groups excluding carboxylic acids is 1. The summed E-state index contributed by atoms with van der Waals surface area (Å²) in [5.74, 6) is -0.0819. The van der Waals surface area contributed by atoms with Gasteiger partial charge in [-0.15, -0.1) is 0 Å². The number of aromatic nitrogens is 2. The first-order valence-electron chi connectivity index (χ1n) is 5.12. The van der Waals surface area contributed by atoms with Crippen LogP contribution in [0.2, 0.25) is 0 Å². The number of aliphatic hydroxyl groups is 1. The van der Waals surface area contributed by atoms with Crippen molar-refractivity contribution < 1.29 is 14.6 Å². The Kier molecular flexibility index (Phi) is 4.47. The zero-order valence-corrected chi connectivity index (χ0v) is 11.8. The number of H-pyrrole nitrogens is 1. The summed E-state index contributed by atoms with van der Waals surface area (Å²) < 4.78 is 5.12. The number of aliphatic hydroxyl groups excluding tert-OH is 1. The van der Waals surface area contributed by atoms with E-state index in [-0.39, 0.29) is 16.1 Å². The molecule has 0 fully saturated rings. The number of rotatable bonds is 2. The molecule has 0 bridgehead atoms. The molecule has 0 unspecified atom stereocenters. The van der Waals surface area contributed by atoms with Gasteiger partial charge in [-0.1, -0.05) is 0 Å². The van der Waals surface area contributed by atoms with E-state index in [1.807, 2.05) is 0 Å². The molecule has 18 heavy (non-hydrogen) atoms. The highest BCUT2D eigenvalue weighted by molar-refractivity contribution is 9.10. The van der Waals surface area contributed by atoms with Crippen LogP contribution in [0, 0.1) is 0 Å². The first-order chi connectivity index (χ1) is 8.23. The van der Waals surface area contributed by atoms with Gasteiger partial charge in [-0.05, 0) is 36.7 Å². The molecule has 8 heteroatoms. The fourth-order valence-electron chi connectivity index (χ4n) is 1.07. The van der Waals surface area contributed by atoms with Crippen molar-refractivity contribution in [3.8, 4) is 0 Å². The van der Waals surface area contributed by atoms with E-state index in [4.69, 9.17) is 9.84 Å². The fourth-order valence-corrected chi connectivity index (χ4v) is 1.38. The Balaban J connectivity index is 2.89. The molecule has 100 valence electrons. The first kappa shape index (κ1) is 14.7. The lowest BCUT2D eigenvalue weighted by molar-refractivity contribution is 0.0634. The van der Waals surface area contributed by atoms with Gasteiger partial charge in [-0.25, -0.2) is 9.78 Å². The average Bonchev–Trinajstić information content (AvgIpc) is 2.20. The Morgan fingerprint density at radius 3 is 2.67 bits per heavy atom. The van der Waals surface area contributed by atoms with E-state index in [0.29, 0.717) is 0 Å². The monoisotopic (exact) mass is 319 g/mol. The molecule has 0 aliphatic carbocycles. The van der Waals surface area contributed by atoms with Crippen molar-refractivity contribution in [3.05, 3.63) is 20.5 Å². The smallest absolute Gasteiger partial charge is 0.414 e. The van der Waals surface area contributed by atoms with Crippen LogP contribution in [0.15, 0.2) is 9.27 Å². The number of anilines is 1. The molecule has 1 aromatic rings. The van der Waals surface area contributed by atoms with E-state index >= 15 is 0 Å². The third-order valence-electron chi connectivity index (χ3n) is 1.70. The van der Waals surface area contributed by atoms with E-state index < -0.39 is 23.9 Å². The standard InChI is InChI=1S/C10H14BrN3O4/c1-10(2,3)18-9(17)14-8-12-5(4-15)6(11)7(16)13-8/h15H,4H2,1-3H3,(H2,12,13,14,16,17). The molecule has 1 heterocycles. The van der Waals surface area contributed by atoms with Crippen LogP contribution in [0.25, 0.3) is 0 Å². The molecule has 1 amide bonds. The van der Waals surface area contributed by atoms with Gasteiger partial charge in [-0.2, -0.15) is 0 Å². The van der Waals surface area contributed by atoms with Crippen LogP contribution in [0.4, 0.5) is 10.7 Å². The van der Waals surface area contributed by atoms with E-state index in [1.54, 1.807) is 20.8 Å². The van der Waals surface area contributed by atoms with Crippen LogP contribution in [0.1, 0.15) is 26.5 Å². The zero-order valence-electron chi connectivity index (χ0n) is 10.2. The normalized spacial score (nSPS) is 11.2. The average molecular weight is 320 g/mol. The lowest BCUT2D eigenvalue weighted by Gasteiger charge is -2.19. The molecule has 3 N–H and O–H groups in total. The summed E-state index contributed by atoms with van der Waals surface area (Å²) in [4.78, 5) is 29.1. The molecule has 0 saturated heterocycles. The lowest BCUT2D eigenvalue weighted by atomic mass is 10.2. The highest BCUT2D eigenvalue weighted by Crippen LogP contribution is 2.12. The van der Waals surface area contributed by atoms with Crippen LogP contribution >= 0.6 is 15.9 Å². The number of nitrogens with one attached hydrogen (secondary N) is 2. The molecule has 7 nitrogen and oxygen atoms in total. The van der Waals surface area contributed by atoms with Crippen LogP contribution in [-0.4, -0.2) is 26.8 Å². The van der Waals surface area contributed by atoms with Crippen molar-refractivity contribution in [1.82, 2.24) is 9.97 Å². The molecule has 0 aromatic carbocycles. The third-order valence-corrected chi connectivity index (χ3v) is 2.52. The largest absolute Gasteiger partial charge is 0.444 e. The van der Waals surface area contributed by atoms with E-state index in [2.05, 4.69) is 31.2 Å². The van der Waals surface area contributed by atoms with Gasteiger partial charge in [0.2, 0.25) is 5.95 Å². The van der Waals surface area contributed by atoms with Gasteiger partial charge in [0.15, 0.2) is 0 Å². The van der Waals surface area contributed by atoms with Crippen molar-refractivity contribution in [3.63, 3.8) is 0 Å². The van der Waals surface area contributed by atoms with E-state index in [9.17, 15) is 9.59 Å². The van der Waals surface area contributed by atoms with Crippen LogP contribution in [0.3, 0.4) is 0 Å². The second-order valence-corrected chi connectivity index (χ2v) is 5.25. The summed E-state index contributed by atoms with van der Waals surface area (Å²) in [5, 5.41) is 11.3. The fraction of sp³-hybridized carbons (Fsp3) is 0.500. The molecule has 0 spiro atoms. The highest BCUT2D eigenvalue weighted by Gasteiger charge is 2.17. The Morgan fingerprint density at radius 2 is 2.17 bits per heavy atom. The van der Waals surface area contributed by atoms with Crippen molar-refractivity contribution in [1.29, 1.82) is 0 Å². The summed E-state index contributed by atoms with van der Waals surface area (Å²) in [6.45, 7) is 4.71. The molecule has 1 rings (SSSR count). The summed E-state index contributed by atoms with van der Waals surface area (Å²) in [6, 6.07) is 0. The number of nitrogens with zero attached hydrogens (tertiary/aromatic N) is 1. The highest BCUT2D eigenvalue weighted by atomic mass is 79.9. The minimum Gasteiger partial charge on any atom is -0.444 e. The minimum atomic E-state index is -0.739. The number of amides is 1. The number of hydrogen-bond donors (Lipinski definition) is 3. The van der Waals surface area contributed by atoms with Gasteiger partial charge in [0, 0.05) is 0 Å². The zero-order chi connectivity index (χ0) is 13.9. The van der Waals surface area contributed by atoms with E-state index in [1.165, 1.54) is 0 Å². The van der Waals surface area contributed by atoms with Gasteiger partial charge in [0.1, 0.15) is 10.1 Å². The third kappa shape index (κ3) is 4.11. The van der Waals surface area contributed by atoms with Crippen LogP contribution in [-0.2, 0) is 11.3 Å². The Labute approximate surface area is 112 Å². The predicted octanol–water partition coefficient (Wildman–Crippen LogP) is 1.37. The second-order valence-electron chi connectivity index (χ2n) is 4.46. The quantitative estimate of drug-likeness (QED) is 0.763. The molecule has 0 aliphatic rings. The van der Waals surface area contributed by atoms with Crippen molar-refractivity contribution in [2.45, 2.75) is 33.0 Å². The molecule has 0 radical (unpaired) electrons. The maximum atomic E-state index is 11.5. The molecule has 0 aliphatic heterocycles. The SMILES string of the molecule is CC(C)(C)OC(=O)Nc1nc(CO)c(Br)c(=O)[nH]1. The topological polar surface area (TPSA) is 104 Å². The second kappa shape index (κ2) is 5.49. The molecule has 0 saturated carbocycles. The number of ether oxygens (including phenoxy) is 1.